The van der Waals surface area contributed by atoms with Gasteiger partial charge in [-0.25, -0.2) is 0 Å². The molecule has 1 aromatic heterocycles. The number of hydrogen-bond acceptors (Lipinski definition) is 3. The van der Waals surface area contributed by atoms with Crippen molar-refractivity contribution < 1.29 is 0 Å². The molecule has 2 aromatic rings. The molecule has 2 N–H and O–H groups in total. The zero-order chi connectivity index (χ0) is 12.4. The SMILES string of the molecule is N#Cc1ccc(-c2ncc(Br)c(N)c2Br)cc1. The number of nitrogens with two attached hydrogens (primary N) is 1. The van der Waals surface area contributed by atoms with E-state index in [0.29, 0.717) is 11.3 Å². The first-order chi connectivity index (χ1) is 8.13. The quantitative estimate of drug-likeness (QED) is 0.850. The highest BCUT2D eigenvalue weighted by atomic mass is 79.9. The van der Waals surface area contributed by atoms with Crippen LogP contribution in [-0.2, 0) is 0 Å². The lowest BCUT2D eigenvalue weighted by molar-refractivity contribution is 1.29. The topological polar surface area (TPSA) is 62.7 Å². The third-order valence-electron chi connectivity index (χ3n) is 2.30. The Labute approximate surface area is 116 Å². The van der Waals surface area contributed by atoms with Crippen LogP contribution in [0, 0.1) is 11.3 Å². The molecule has 0 saturated carbocycles. The second-order valence-corrected chi connectivity index (χ2v) is 5.02. The van der Waals surface area contributed by atoms with Crippen LogP contribution in [0.5, 0.6) is 0 Å². The highest BCUT2D eigenvalue weighted by molar-refractivity contribution is 9.11. The fraction of sp³-hybridized carbons (Fsp3) is 0. The van der Waals surface area contributed by atoms with Crippen LogP contribution in [-0.4, -0.2) is 4.98 Å². The average molecular weight is 353 g/mol. The second kappa shape index (κ2) is 4.86. The largest absolute Gasteiger partial charge is 0.397 e. The first kappa shape index (κ1) is 12.1. The summed E-state index contributed by atoms with van der Waals surface area (Å²) in [6.07, 6.45) is 1.66. The summed E-state index contributed by atoms with van der Waals surface area (Å²) < 4.78 is 1.50. The molecule has 0 aliphatic carbocycles. The van der Waals surface area contributed by atoms with Gasteiger partial charge in [0.1, 0.15) is 0 Å². The Morgan fingerprint density at radius 1 is 1.18 bits per heavy atom. The predicted octanol–water partition coefficient (Wildman–Crippen LogP) is 3.73. The Kier molecular flexibility index (Phi) is 3.46. The Bertz CT molecular complexity index is 600. The normalized spacial score (nSPS) is 9.94. The number of rotatable bonds is 1. The molecule has 0 bridgehead atoms. The molecule has 0 unspecified atom stereocenters. The van der Waals surface area contributed by atoms with Gasteiger partial charge in [-0.05, 0) is 44.0 Å². The molecule has 5 heteroatoms. The lowest BCUT2D eigenvalue weighted by Crippen LogP contribution is -1.94. The van der Waals surface area contributed by atoms with Crippen LogP contribution in [0.3, 0.4) is 0 Å². The van der Waals surface area contributed by atoms with Gasteiger partial charge in [0.2, 0.25) is 0 Å². The van der Waals surface area contributed by atoms with Gasteiger partial charge in [-0.1, -0.05) is 12.1 Å². The van der Waals surface area contributed by atoms with Gasteiger partial charge >= 0.3 is 0 Å². The van der Waals surface area contributed by atoms with E-state index in [1.165, 1.54) is 0 Å². The minimum atomic E-state index is 0.611. The van der Waals surface area contributed by atoms with Gasteiger partial charge in [-0.3, -0.25) is 4.98 Å². The zero-order valence-electron chi connectivity index (χ0n) is 8.61. The third-order valence-corrected chi connectivity index (χ3v) is 3.73. The fourth-order valence-electron chi connectivity index (χ4n) is 1.38. The summed E-state index contributed by atoms with van der Waals surface area (Å²) in [4.78, 5) is 4.31. The number of pyridine rings is 1. The van der Waals surface area contributed by atoms with E-state index in [4.69, 9.17) is 11.0 Å². The van der Waals surface area contributed by atoms with Crippen LogP contribution in [0.15, 0.2) is 39.4 Å². The van der Waals surface area contributed by atoms with E-state index in [-0.39, 0.29) is 0 Å². The van der Waals surface area contributed by atoms with Gasteiger partial charge in [0, 0.05) is 11.8 Å². The molecule has 0 amide bonds. The predicted molar refractivity (Wildman–Crippen MR) is 74.2 cm³/mol. The number of nitriles is 1. The van der Waals surface area contributed by atoms with Crippen molar-refractivity contribution in [3.8, 4) is 17.3 Å². The number of anilines is 1. The first-order valence-electron chi connectivity index (χ1n) is 4.73. The van der Waals surface area contributed by atoms with Crippen molar-refractivity contribution in [1.82, 2.24) is 4.98 Å². The van der Waals surface area contributed by atoms with Gasteiger partial charge in [-0.15, -0.1) is 0 Å². The summed E-state index contributed by atoms with van der Waals surface area (Å²) in [5.74, 6) is 0. The van der Waals surface area contributed by atoms with Gasteiger partial charge in [0.15, 0.2) is 0 Å². The minimum Gasteiger partial charge on any atom is -0.397 e. The molecule has 0 radical (unpaired) electrons. The van der Waals surface area contributed by atoms with E-state index in [0.717, 1.165) is 20.2 Å². The van der Waals surface area contributed by atoms with E-state index >= 15 is 0 Å². The number of benzene rings is 1. The monoisotopic (exact) mass is 351 g/mol. The molecule has 1 heterocycles. The molecule has 0 aliphatic heterocycles. The van der Waals surface area contributed by atoms with E-state index in [2.05, 4.69) is 42.9 Å². The summed E-state index contributed by atoms with van der Waals surface area (Å²) in [5, 5.41) is 8.73. The van der Waals surface area contributed by atoms with Crippen LogP contribution in [0.4, 0.5) is 5.69 Å². The average Bonchev–Trinajstić information content (AvgIpc) is 2.36. The Morgan fingerprint density at radius 3 is 2.41 bits per heavy atom. The molecule has 0 spiro atoms. The molecule has 0 saturated heterocycles. The van der Waals surface area contributed by atoms with Crippen molar-refractivity contribution in [2.24, 2.45) is 0 Å². The van der Waals surface area contributed by atoms with Crippen LogP contribution >= 0.6 is 31.9 Å². The smallest absolute Gasteiger partial charge is 0.0991 e. The van der Waals surface area contributed by atoms with Crippen LogP contribution in [0.2, 0.25) is 0 Å². The molecule has 3 nitrogen and oxygen atoms in total. The molecular weight excluding hydrogens is 346 g/mol. The van der Waals surface area contributed by atoms with E-state index in [9.17, 15) is 0 Å². The maximum Gasteiger partial charge on any atom is 0.0991 e. The van der Waals surface area contributed by atoms with Crippen molar-refractivity contribution in [3.05, 3.63) is 45.0 Å². The Hall–Kier alpha value is -1.38. The molecule has 2 rings (SSSR count). The Morgan fingerprint density at radius 2 is 1.82 bits per heavy atom. The third kappa shape index (κ3) is 2.33. The molecular formula is C12H7Br2N3. The minimum absolute atomic E-state index is 0.611. The lowest BCUT2D eigenvalue weighted by atomic mass is 10.1. The van der Waals surface area contributed by atoms with Crippen molar-refractivity contribution in [2.45, 2.75) is 0 Å². The number of halogens is 2. The molecule has 17 heavy (non-hydrogen) atoms. The summed E-state index contributed by atoms with van der Waals surface area (Å²) in [5.41, 5.74) is 8.79. The molecule has 84 valence electrons. The number of hydrogen-bond donors (Lipinski definition) is 1. The van der Waals surface area contributed by atoms with E-state index in [1.807, 2.05) is 12.1 Å². The van der Waals surface area contributed by atoms with E-state index < -0.39 is 0 Å². The fourth-order valence-corrected chi connectivity index (χ4v) is 2.50. The van der Waals surface area contributed by atoms with Crippen molar-refractivity contribution in [3.63, 3.8) is 0 Å². The van der Waals surface area contributed by atoms with Gasteiger partial charge in [0.05, 0.1) is 32.0 Å². The molecule has 0 aliphatic rings. The highest BCUT2D eigenvalue weighted by Crippen LogP contribution is 2.34. The molecule has 0 fully saturated rings. The standard InChI is InChI=1S/C12H7Br2N3/c13-9-6-17-12(10(14)11(9)16)8-3-1-7(5-15)2-4-8/h1-4,6H,(H2,16,17). The number of aromatic nitrogens is 1. The lowest BCUT2D eigenvalue weighted by Gasteiger charge is -2.07. The van der Waals surface area contributed by atoms with Gasteiger partial charge in [0.25, 0.3) is 0 Å². The maximum absolute atomic E-state index is 8.73. The maximum atomic E-state index is 8.73. The van der Waals surface area contributed by atoms with Gasteiger partial charge in [-0.2, -0.15) is 5.26 Å². The summed E-state index contributed by atoms with van der Waals surface area (Å²) in [7, 11) is 0. The number of nitrogens with zero attached hydrogens (tertiary/aromatic N) is 2. The number of nitrogen functional groups attached to an aromatic ring is 1. The Balaban J connectivity index is 2.54. The van der Waals surface area contributed by atoms with Crippen molar-refractivity contribution in [1.29, 1.82) is 5.26 Å². The van der Waals surface area contributed by atoms with Gasteiger partial charge < -0.3 is 5.73 Å². The highest BCUT2D eigenvalue weighted by Gasteiger charge is 2.10. The van der Waals surface area contributed by atoms with Crippen LogP contribution < -0.4 is 5.73 Å². The first-order valence-corrected chi connectivity index (χ1v) is 6.32. The molecule has 0 atom stereocenters. The van der Waals surface area contributed by atoms with E-state index in [1.54, 1.807) is 18.3 Å². The van der Waals surface area contributed by atoms with Crippen LogP contribution in [0.1, 0.15) is 5.56 Å². The zero-order valence-corrected chi connectivity index (χ0v) is 11.8. The molecule has 1 aromatic carbocycles. The van der Waals surface area contributed by atoms with Crippen molar-refractivity contribution >= 4 is 37.5 Å². The van der Waals surface area contributed by atoms with Crippen LogP contribution in [0.25, 0.3) is 11.3 Å². The van der Waals surface area contributed by atoms with Crippen molar-refractivity contribution in [2.75, 3.05) is 5.73 Å². The summed E-state index contributed by atoms with van der Waals surface area (Å²) in [6.45, 7) is 0. The second-order valence-electron chi connectivity index (χ2n) is 3.37. The summed E-state index contributed by atoms with van der Waals surface area (Å²) >= 11 is 6.74. The summed E-state index contributed by atoms with van der Waals surface area (Å²) in [6, 6.07) is 9.27.